The number of aromatic hydroxyl groups is 1. The van der Waals surface area contributed by atoms with E-state index in [-0.39, 0.29) is 0 Å². The molecule has 0 amide bonds. The Kier molecular flexibility index (Phi) is 2.47. The van der Waals surface area contributed by atoms with Gasteiger partial charge in [-0.25, -0.2) is 4.98 Å². The molecule has 1 N–H and O–H groups in total. The van der Waals surface area contributed by atoms with E-state index in [9.17, 15) is 0 Å². The van der Waals surface area contributed by atoms with Gasteiger partial charge in [-0.15, -0.1) is 0 Å². The molecule has 6 heteroatoms. The second-order valence-electron chi connectivity index (χ2n) is 4.57. The number of fused-ring (bicyclic) bond motifs is 1. The van der Waals surface area contributed by atoms with Crippen molar-refractivity contribution in [2.24, 2.45) is 0 Å². The zero-order valence-electron chi connectivity index (χ0n) is 10.8. The largest absolute Gasteiger partial charge is 0.464 e. The summed E-state index contributed by atoms with van der Waals surface area (Å²) in [6, 6.07) is 13.5. The van der Waals surface area contributed by atoms with Gasteiger partial charge in [-0.3, -0.25) is 4.52 Å². The lowest BCUT2D eigenvalue weighted by atomic mass is 10.1. The van der Waals surface area contributed by atoms with Crippen LogP contribution in [0.1, 0.15) is 0 Å². The van der Waals surface area contributed by atoms with Gasteiger partial charge in [-0.2, -0.15) is 4.98 Å². The molecule has 6 nitrogen and oxygen atoms in total. The summed E-state index contributed by atoms with van der Waals surface area (Å²) in [4.78, 5) is 8.38. The molecule has 102 valence electrons. The molecule has 3 aromatic heterocycles. The average Bonchev–Trinajstić information content (AvgIpc) is 3.13. The van der Waals surface area contributed by atoms with Gasteiger partial charge in [0, 0.05) is 23.5 Å². The van der Waals surface area contributed by atoms with E-state index in [0.717, 1.165) is 22.5 Å². The summed E-state index contributed by atoms with van der Waals surface area (Å²) in [7, 11) is 0. The fourth-order valence-corrected chi connectivity index (χ4v) is 2.22. The predicted molar refractivity (Wildman–Crippen MR) is 75.6 cm³/mol. The van der Waals surface area contributed by atoms with Crippen molar-refractivity contribution in [1.82, 2.24) is 19.5 Å². The SMILES string of the molecule is Oc1nc(-c2cccc(-c3cn4ccccc4n3)c2)no1. The maximum atomic E-state index is 9.14. The van der Waals surface area contributed by atoms with Gasteiger partial charge in [0.1, 0.15) is 5.65 Å². The lowest BCUT2D eigenvalue weighted by Gasteiger charge is -1.98. The van der Waals surface area contributed by atoms with E-state index in [1.54, 1.807) is 0 Å². The van der Waals surface area contributed by atoms with Crippen molar-refractivity contribution < 1.29 is 9.63 Å². The van der Waals surface area contributed by atoms with Gasteiger partial charge in [0.05, 0.1) is 5.69 Å². The summed E-state index contributed by atoms with van der Waals surface area (Å²) < 4.78 is 6.55. The van der Waals surface area contributed by atoms with Crippen molar-refractivity contribution in [3.8, 4) is 28.7 Å². The van der Waals surface area contributed by atoms with Gasteiger partial charge in [-0.05, 0) is 18.2 Å². The van der Waals surface area contributed by atoms with Crippen LogP contribution in [-0.4, -0.2) is 24.6 Å². The third-order valence-corrected chi connectivity index (χ3v) is 3.20. The number of hydrogen-bond acceptors (Lipinski definition) is 5. The molecule has 0 spiro atoms. The second-order valence-corrected chi connectivity index (χ2v) is 4.57. The second kappa shape index (κ2) is 4.45. The minimum absolute atomic E-state index is 0.345. The molecule has 4 aromatic rings. The first-order valence-corrected chi connectivity index (χ1v) is 6.37. The summed E-state index contributed by atoms with van der Waals surface area (Å²) >= 11 is 0. The zero-order chi connectivity index (χ0) is 14.2. The Morgan fingerprint density at radius 1 is 1.00 bits per heavy atom. The summed E-state index contributed by atoms with van der Waals surface area (Å²) in [5.41, 5.74) is 3.44. The van der Waals surface area contributed by atoms with E-state index in [1.165, 1.54) is 0 Å². The van der Waals surface area contributed by atoms with E-state index in [0.29, 0.717) is 5.82 Å². The number of nitrogens with zero attached hydrogens (tertiary/aromatic N) is 4. The molecule has 0 radical (unpaired) electrons. The Morgan fingerprint density at radius 2 is 1.90 bits per heavy atom. The lowest BCUT2D eigenvalue weighted by molar-refractivity contribution is 0.267. The summed E-state index contributed by atoms with van der Waals surface area (Å²) in [6.07, 6.45) is 3.47. The maximum Gasteiger partial charge on any atom is 0.415 e. The molecular formula is C15H10N4O2. The molecule has 4 rings (SSSR count). The summed E-state index contributed by atoms with van der Waals surface area (Å²) in [5.74, 6) is 0.345. The first-order valence-electron chi connectivity index (χ1n) is 6.37. The maximum absolute atomic E-state index is 9.14. The predicted octanol–water partition coefficient (Wildman–Crippen LogP) is 2.76. The van der Waals surface area contributed by atoms with Crippen LogP contribution in [-0.2, 0) is 0 Å². The number of rotatable bonds is 2. The van der Waals surface area contributed by atoms with Crippen molar-refractivity contribution in [3.63, 3.8) is 0 Å². The van der Waals surface area contributed by atoms with Crippen LogP contribution in [0.15, 0.2) is 59.4 Å². The Bertz CT molecular complexity index is 893. The van der Waals surface area contributed by atoms with Crippen LogP contribution < -0.4 is 0 Å². The van der Waals surface area contributed by atoms with Crippen LogP contribution in [0.4, 0.5) is 0 Å². The van der Waals surface area contributed by atoms with Crippen LogP contribution in [0.2, 0.25) is 0 Å². The molecule has 0 aliphatic rings. The van der Waals surface area contributed by atoms with Crippen molar-refractivity contribution in [3.05, 3.63) is 54.9 Å². The quantitative estimate of drug-likeness (QED) is 0.610. The smallest absolute Gasteiger partial charge is 0.415 e. The van der Waals surface area contributed by atoms with Crippen LogP contribution in [0, 0.1) is 0 Å². The molecule has 21 heavy (non-hydrogen) atoms. The number of hydrogen-bond donors (Lipinski definition) is 1. The fourth-order valence-electron chi connectivity index (χ4n) is 2.22. The van der Waals surface area contributed by atoms with Crippen LogP contribution in [0.3, 0.4) is 0 Å². The topological polar surface area (TPSA) is 76.5 Å². The normalized spacial score (nSPS) is 11.0. The first kappa shape index (κ1) is 11.7. The molecule has 1 aromatic carbocycles. The van der Waals surface area contributed by atoms with Gasteiger partial charge in [0.2, 0.25) is 5.82 Å². The summed E-state index contributed by atoms with van der Waals surface area (Å²) in [5, 5.41) is 12.8. The minimum Gasteiger partial charge on any atom is -0.464 e. The summed E-state index contributed by atoms with van der Waals surface area (Å²) in [6.45, 7) is 0. The molecular weight excluding hydrogens is 268 g/mol. The highest BCUT2D eigenvalue weighted by molar-refractivity contribution is 5.69. The van der Waals surface area contributed by atoms with E-state index in [4.69, 9.17) is 5.11 Å². The number of aromatic nitrogens is 4. The van der Waals surface area contributed by atoms with Gasteiger partial charge >= 0.3 is 6.08 Å². The van der Waals surface area contributed by atoms with E-state index in [1.807, 2.05) is 59.3 Å². The van der Waals surface area contributed by atoms with Crippen LogP contribution in [0.25, 0.3) is 28.3 Å². The van der Waals surface area contributed by atoms with Gasteiger partial charge < -0.3 is 9.51 Å². The molecule has 0 saturated carbocycles. The Balaban J connectivity index is 1.81. The molecule has 0 fully saturated rings. The molecule has 3 heterocycles. The Morgan fingerprint density at radius 3 is 2.71 bits per heavy atom. The monoisotopic (exact) mass is 278 g/mol. The van der Waals surface area contributed by atoms with Crippen LogP contribution in [0.5, 0.6) is 6.08 Å². The Labute approximate surface area is 119 Å². The minimum atomic E-state index is -0.442. The lowest BCUT2D eigenvalue weighted by Crippen LogP contribution is -1.83. The zero-order valence-corrected chi connectivity index (χ0v) is 10.8. The molecule has 0 aliphatic heterocycles. The van der Waals surface area contributed by atoms with Gasteiger partial charge in [0.25, 0.3) is 0 Å². The number of imidazole rings is 1. The number of pyridine rings is 1. The van der Waals surface area contributed by atoms with Crippen molar-refractivity contribution in [2.45, 2.75) is 0 Å². The Hall–Kier alpha value is -3.15. The van der Waals surface area contributed by atoms with Crippen molar-refractivity contribution in [2.75, 3.05) is 0 Å². The first-order chi connectivity index (χ1) is 10.3. The fraction of sp³-hybridized carbons (Fsp3) is 0. The third-order valence-electron chi connectivity index (χ3n) is 3.20. The highest BCUT2D eigenvalue weighted by Crippen LogP contribution is 2.25. The molecule has 0 bridgehead atoms. The standard InChI is InChI=1S/C15H10N4O2/c20-15-17-14(18-21-15)11-5-3-4-10(8-11)12-9-19-7-2-1-6-13(19)16-12/h1-9H,(H,17,18,20). The number of benzene rings is 1. The van der Waals surface area contributed by atoms with Crippen molar-refractivity contribution in [1.29, 1.82) is 0 Å². The van der Waals surface area contributed by atoms with E-state index < -0.39 is 6.08 Å². The van der Waals surface area contributed by atoms with Crippen molar-refractivity contribution >= 4 is 5.65 Å². The van der Waals surface area contributed by atoms with Gasteiger partial charge in [-0.1, -0.05) is 29.4 Å². The van der Waals surface area contributed by atoms with E-state index in [2.05, 4.69) is 19.6 Å². The van der Waals surface area contributed by atoms with Gasteiger partial charge in [0.15, 0.2) is 0 Å². The molecule has 0 atom stereocenters. The average molecular weight is 278 g/mol. The molecule has 0 unspecified atom stereocenters. The van der Waals surface area contributed by atoms with Crippen LogP contribution >= 0.6 is 0 Å². The molecule has 0 aliphatic carbocycles. The van der Waals surface area contributed by atoms with E-state index >= 15 is 0 Å². The highest BCUT2D eigenvalue weighted by atomic mass is 16.6. The highest BCUT2D eigenvalue weighted by Gasteiger charge is 2.10. The molecule has 0 saturated heterocycles. The third kappa shape index (κ3) is 2.02.